The minimum atomic E-state index is -0.541. The molecule has 0 amide bonds. The van der Waals surface area contributed by atoms with Crippen molar-refractivity contribution in [2.24, 2.45) is 0 Å². The van der Waals surface area contributed by atoms with Gasteiger partial charge >= 0.3 is 0 Å². The molecule has 0 aliphatic heterocycles. The molecule has 2 atom stereocenters. The first-order valence-corrected chi connectivity index (χ1v) is 6.77. The van der Waals surface area contributed by atoms with Crippen molar-refractivity contribution in [3.05, 3.63) is 0 Å². The van der Waals surface area contributed by atoms with Crippen LogP contribution in [0, 0.1) is 0 Å². The highest BCUT2D eigenvalue weighted by Crippen LogP contribution is 2.15. The summed E-state index contributed by atoms with van der Waals surface area (Å²) in [4.78, 5) is 2.28. The molecule has 3 heteroatoms. The molecular weight excluding hydrogens is 194 g/mol. The van der Waals surface area contributed by atoms with E-state index in [1.807, 2.05) is 25.6 Å². The quantitative estimate of drug-likeness (QED) is 0.710. The van der Waals surface area contributed by atoms with Crippen LogP contribution in [0.5, 0.6) is 0 Å². The number of likely N-dealkylation sites (N-methyl/N-ethyl adjacent to an activating group) is 1. The Morgan fingerprint density at radius 1 is 1.43 bits per heavy atom. The molecule has 0 rings (SSSR count). The van der Waals surface area contributed by atoms with Crippen LogP contribution in [-0.2, 0) is 0 Å². The maximum Gasteiger partial charge on any atom is 0.0743 e. The smallest absolute Gasteiger partial charge is 0.0743 e. The molecule has 2 unspecified atom stereocenters. The van der Waals surface area contributed by atoms with Crippen LogP contribution in [0.2, 0.25) is 0 Å². The molecule has 0 saturated heterocycles. The lowest BCUT2D eigenvalue weighted by Crippen LogP contribution is -2.44. The van der Waals surface area contributed by atoms with Crippen LogP contribution in [0.3, 0.4) is 0 Å². The van der Waals surface area contributed by atoms with Gasteiger partial charge in [-0.05, 0) is 33.1 Å². The third kappa shape index (κ3) is 5.23. The summed E-state index contributed by atoms with van der Waals surface area (Å²) in [7, 11) is 2.11. The van der Waals surface area contributed by atoms with Gasteiger partial charge in [0.05, 0.1) is 5.60 Å². The number of hydrogen-bond acceptors (Lipinski definition) is 3. The second-order valence-electron chi connectivity index (χ2n) is 4.28. The Morgan fingerprint density at radius 3 is 2.36 bits per heavy atom. The van der Waals surface area contributed by atoms with E-state index in [2.05, 4.69) is 25.1 Å². The third-order valence-electron chi connectivity index (χ3n) is 2.81. The first-order chi connectivity index (χ1) is 6.46. The normalized spacial score (nSPS) is 18.2. The largest absolute Gasteiger partial charge is 0.389 e. The second kappa shape index (κ2) is 6.70. The molecule has 0 aliphatic rings. The van der Waals surface area contributed by atoms with Gasteiger partial charge in [-0.1, -0.05) is 13.8 Å². The van der Waals surface area contributed by atoms with Gasteiger partial charge in [0, 0.05) is 18.3 Å². The summed E-state index contributed by atoms with van der Waals surface area (Å²) >= 11 is 1.87. The number of hydrogen-bond donors (Lipinski definition) is 1. The van der Waals surface area contributed by atoms with Gasteiger partial charge < -0.3 is 5.11 Å². The number of thioether (sulfide) groups is 1. The lowest BCUT2D eigenvalue weighted by atomic mass is 10.0. The zero-order valence-corrected chi connectivity index (χ0v) is 11.0. The van der Waals surface area contributed by atoms with Crippen molar-refractivity contribution in [2.75, 3.05) is 25.6 Å². The van der Waals surface area contributed by atoms with Crippen molar-refractivity contribution in [1.29, 1.82) is 0 Å². The lowest BCUT2D eigenvalue weighted by Gasteiger charge is -2.33. The summed E-state index contributed by atoms with van der Waals surface area (Å²) in [5.41, 5.74) is -0.541. The van der Waals surface area contributed by atoms with Gasteiger partial charge in [0.15, 0.2) is 0 Å². The van der Waals surface area contributed by atoms with E-state index >= 15 is 0 Å². The van der Waals surface area contributed by atoms with Crippen LogP contribution >= 0.6 is 11.8 Å². The molecule has 0 spiro atoms. The van der Waals surface area contributed by atoms with Crippen LogP contribution in [0.1, 0.15) is 33.6 Å². The van der Waals surface area contributed by atoms with Crippen molar-refractivity contribution in [3.8, 4) is 0 Å². The monoisotopic (exact) mass is 219 g/mol. The zero-order chi connectivity index (χ0) is 11.2. The van der Waals surface area contributed by atoms with Gasteiger partial charge in [0.2, 0.25) is 0 Å². The summed E-state index contributed by atoms with van der Waals surface area (Å²) in [6, 6.07) is 0.586. The topological polar surface area (TPSA) is 23.5 Å². The van der Waals surface area contributed by atoms with Gasteiger partial charge in [0.1, 0.15) is 0 Å². The van der Waals surface area contributed by atoms with E-state index in [0.717, 1.165) is 25.1 Å². The molecule has 0 aromatic carbocycles. The fourth-order valence-corrected chi connectivity index (χ4v) is 2.40. The van der Waals surface area contributed by atoms with E-state index in [4.69, 9.17) is 0 Å². The molecule has 2 nitrogen and oxygen atoms in total. The van der Waals surface area contributed by atoms with E-state index in [1.54, 1.807) is 0 Å². The minimum Gasteiger partial charge on any atom is -0.389 e. The van der Waals surface area contributed by atoms with Crippen LogP contribution in [-0.4, -0.2) is 47.3 Å². The van der Waals surface area contributed by atoms with E-state index in [-0.39, 0.29) is 0 Å². The molecule has 0 aliphatic carbocycles. The average molecular weight is 219 g/mol. The fourth-order valence-electron chi connectivity index (χ4n) is 1.53. The molecule has 14 heavy (non-hydrogen) atoms. The van der Waals surface area contributed by atoms with Gasteiger partial charge in [-0.15, -0.1) is 0 Å². The third-order valence-corrected chi connectivity index (χ3v) is 3.52. The summed E-state index contributed by atoms with van der Waals surface area (Å²) in [5, 5.41) is 9.96. The molecule has 1 N–H and O–H groups in total. The first kappa shape index (κ1) is 14.3. The minimum absolute atomic E-state index is 0.541. The highest BCUT2D eigenvalue weighted by Gasteiger charge is 2.23. The molecule has 0 fully saturated rings. The Kier molecular flexibility index (Phi) is 6.83. The molecule has 0 bridgehead atoms. The van der Waals surface area contributed by atoms with Crippen LogP contribution in [0.25, 0.3) is 0 Å². The average Bonchev–Trinajstić information content (AvgIpc) is 2.13. The van der Waals surface area contributed by atoms with Gasteiger partial charge in [-0.25, -0.2) is 0 Å². The summed E-state index contributed by atoms with van der Waals surface area (Å²) in [6.07, 6.45) is 4.10. The van der Waals surface area contributed by atoms with Crippen molar-refractivity contribution < 1.29 is 5.11 Å². The Bertz CT molecular complexity index is 150. The fraction of sp³-hybridized carbons (Fsp3) is 1.00. The van der Waals surface area contributed by atoms with Crippen LogP contribution in [0.4, 0.5) is 0 Å². The Morgan fingerprint density at radius 2 is 2.00 bits per heavy atom. The maximum atomic E-state index is 9.96. The molecule has 0 saturated carbocycles. The number of rotatable bonds is 7. The van der Waals surface area contributed by atoms with Gasteiger partial charge in [-0.2, -0.15) is 11.8 Å². The predicted octanol–water partition coefficient (Wildman–Crippen LogP) is 2.22. The van der Waals surface area contributed by atoms with Crippen molar-refractivity contribution in [1.82, 2.24) is 4.90 Å². The summed E-state index contributed by atoms with van der Waals surface area (Å²) in [6.45, 7) is 6.92. The molecule has 0 aromatic rings. The van der Waals surface area contributed by atoms with Crippen molar-refractivity contribution in [3.63, 3.8) is 0 Å². The first-order valence-electron chi connectivity index (χ1n) is 5.38. The molecule has 86 valence electrons. The van der Waals surface area contributed by atoms with Crippen LogP contribution in [0.15, 0.2) is 0 Å². The van der Waals surface area contributed by atoms with E-state index in [0.29, 0.717) is 6.04 Å². The molecule has 0 aromatic heterocycles. The van der Waals surface area contributed by atoms with Gasteiger partial charge in [-0.3, -0.25) is 4.90 Å². The standard InChI is InChI=1S/C11H25NOS/c1-6-10(8-14-5)12(4)9-11(3,13)7-2/h10,13H,6-9H2,1-5H3. The van der Waals surface area contributed by atoms with E-state index < -0.39 is 5.60 Å². The maximum absolute atomic E-state index is 9.96. The lowest BCUT2D eigenvalue weighted by molar-refractivity contribution is 0.0143. The van der Waals surface area contributed by atoms with Crippen LogP contribution < -0.4 is 0 Å². The van der Waals surface area contributed by atoms with Crippen molar-refractivity contribution in [2.45, 2.75) is 45.3 Å². The highest BCUT2D eigenvalue weighted by molar-refractivity contribution is 7.98. The summed E-state index contributed by atoms with van der Waals surface area (Å²) < 4.78 is 0. The Hall–Kier alpha value is 0.270. The van der Waals surface area contributed by atoms with Gasteiger partial charge in [0.25, 0.3) is 0 Å². The Labute approximate surface area is 93.1 Å². The molecule has 0 radical (unpaired) electrons. The predicted molar refractivity (Wildman–Crippen MR) is 66.0 cm³/mol. The zero-order valence-electron chi connectivity index (χ0n) is 10.2. The van der Waals surface area contributed by atoms with Crippen molar-refractivity contribution >= 4 is 11.8 Å². The number of nitrogens with zero attached hydrogens (tertiary/aromatic N) is 1. The Balaban J connectivity index is 4.09. The summed E-state index contributed by atoms with van der Waals surface area (Å²) in [5.74, 6) is 1.15. The highest BCUT2D eigenvalue weighted by atomic mass is 32.2. The molecular formula is C11H25NOS. The SMILES string of the molecule is CCC(CSC)N(C)CC(C)(O)CC. The number of aliphatic hydroxyl groups is 1. The van der Waals surface area contributed by atoms with E-state index in [1.165, 1.54) is 0 Å². The second-order valence-corrected chi connectivity index (χ2v) is 5.19. The molecule has 0 heterocycles. The van der Waals surface area contributed by atoms with E-state index in [9.17, 15) is 5.11 Å².